The summed E-state index contributed by atoms with van der Waals surface area (Å²) in [5, 5.41) is 10.7. The molecule has 2 aromatic heterocycles. The van der Waals surface area contributed by atoms with Gasteiger partial charge in [0.25, 0.3) is 0 Å². The van der Waals surface area contributed by atoms with Gasteiger partial charge in [-0.1, -0.05) is 30.7 Å². The van der Waals surface area contributed by atoms with Crippen LogP contribution < -0.4 is 0 Å². The number of nitrogens with zero attached hydrogens (tertiary/aromatic N) is 3. The minimum atomic E-state index is 0.249. The first kappa shape index (κ1) is 15.5. The number of aliphatic hydroxyl groups excluding tert-OH is 1. The Hall–Kier alpha value is -1.98. The fourth-order valence-electron chi connectivity index (χ4n) is 3.68. The van der Waals surface area contributed by atoms with Gasteiger partial charge in [0.15, 0.2) is 5.82 Å². The van der Waals surface area contributed by atoms with Gasteiger partial charge in [-0.05, 0) is 25.3 Å². The average Bonchev–Trinajstić information content (AvgIpc) is 3.33. The number of thiazole rings is 1. The summed E-state index contributed by atoms with van der Waals surface area (Å²) < 4.78 is 2.24. The van der Waals surface area contributed by atoms with E-state index >= 15 is 0 Å². The highest BCUT2D eigenvalue weighted by molar-refractivity contribution is 7.18. The smallest absolute Gasteiger partial charge is 0.151 e. The van der Waals surface area contributed by atoms with E-state index in [1.54, 1.807) is 11.3 Å². The van der Waals surface area contributed by atoms with Gasteiger partial charge < -0.3 is 9.67 Å². The number of aliphatic hydroxyl groups is 1. The summed E-state index contributed by atoms with van der Waals surface area (Å²) in [7, 11) is 0. The number of rotatable bonds is 4. The number of hydrogen-bond donors (Lipinski definition) is 1. The van der Waals surface area contributed by atoms with Gasteiger partial charge in [-0.25, -0.2) is 9.97 Å². The van der Waals surface area contributed by atoms with Crippen LogP contribution in [-0.4, -0.2) is 26.2 Å². The van der Waals surface area contributed by atoms with E-state index in [0.717, 1.165) is 28.6 Å². The highest BCUT2D eigenvalue weighted by Crippen LogP contribution is 2.39. The molecule has 0 unspecified atom stereocenters. The van der Waals surface area contributed by atoms with Crippen molar-refractivity contribution in [1.29, 1.82) is 0 Å². The van der Waals surface area contributed by atoms with Gasteiger partial charge in [0, 0.05) is 42.7 Å². The van der Waals surface area contributed by atoms with Crippen LogP contribution in [0.3, 0.4) is 0 Å². The first-order chi connectivity index (χ1) is 11.8. The maximum absolute atomic E-state index is 9.64. The predicted molar refractivity (Wildman–Crippen MR) is 97.0 cm³/mol. The zero-order valence-electron chi connectivity index (χ0n) is 13.7. The lowest BCUT2D eigenvalue weighted by atomic mass is 10.0. The summed E-state index contributed by atoms with van der Waals surface area (Å²) >= 11 is 1.68. The van der Waals surface area contributed by atoms with Gasteiger partial charge in [0.1, 0.15) is 5.01 Å². The lowest BCUT2D eigenvalue weighted by molar-refractivity contribution is 0.196. The molecule has 0 radical (unpaired) electrons. The SMILES string of the molecule is Cc1ccccc1-c1ncc(-c2nccn2[C@H]2CCC[C@H]2CO)s1. The third-order valence-electron chi connectivity index (χ3n) is 4.98. The van der Waals surface area contributed by atoms with E-state index in [2.05, 4.69) is 45.7 Å². The molecule has 4 rings (SSSR count). The van der Waals surface area contributed by atoms with Crippen LogP contribution in [0.15, 0.2) is 42.9 Å². The number of benzene rings is 1. The molecule has 3 aromatic rings. The third-order valence-corrected chi connectivity index (χ3v) is 6.01. The molecule has 2 atom stereocenters. The Morgan fingerprint density at radius 3 is 2.96 bits per heavy atom. The minimum absolute atomic E-state index is 0.249. The number of hydrogen-bond acceptors (Lipinski definition) is 4. The molecule has 0 saturated heterocycles. The molecule has 0 bridgehead atoms. The van der Waals surface area contributed by atoms with Gasteiger partial charge in [-0.15, -0.1) is 11.3 Å². The molecule has 2 heterocycles. The molecule has 1 aromatic carbocycles. The molecule has 0 aliphatic heterocycles. The van der Waals surface area contributed by atoms with E-state index in [0.29, 0.717) is 12.0 Å². The Balaban J connectivity index is 1.69. The van der Waals surface area contributed by atoms with Crippen LogP contribution in [0.2, 0.25) is 0 Å². The molecule has 0 spiro atoms. The topological polar surface area (TPSA) is 50.9 Å². The van der Waals surface area contributed by atoms with Crippen LogP contribution in [0.1, 0.15) is 30.9 Å². The molecule has 124 valence electrons. The fourth-order valence-corrected chi connectivity index (χ4v) is 4.69. The standard InChI is InChI=1S/C19H21N3OS/c1-13-5-2-3-7-15(13)19-21-11-17(24-19)18-20-9-10-22(18)16-8-4-6-14(16)12-23/h2-3,5,7,9-11,14,16,23H,4,6,8,12H2,1H3/t14-,16-/m0/s1. The van der Waals surface area contributed by atoms with E-state index in [-0.39, 0.29) is 6.61 Å². The van der Waals surface area contributed by atoms with E-state index < -0.39 is 0 Å². The molecule has 1 aliphatic carbocycles. The molecule has 0 amide bonds. The van der Waals surface area contributed by atoms with Crippen molar-refractivity contribution in [3.63, 3.8) is 0 Å². The van der Waals surface area contributed by atoms with Crippen LogP contribution in [0, 0.1) is 12.8 Å². The number of aromatic nitrogens is 3. The lowest BCUT2D eigenvalue weighted by Gasteiger charge is -2.20. The minimum Gasteiger partial charge on any atom is -0.396 e. The summed E-state index contributed by atoms with van der Waals surface area (Å²) in [6.45, 7) is 2.36. The second-order valence-corrected chi connectivity index (χ2v) is 7.47. The molecule has 1 N–H and O–H groups in total. The normalized spacial score (nSPS) is 20.6. The van der Waals surface area contributed by atoms with Crippen LogP contribution in [0.25, 0.3) is 21.3 Å². The van der Waals surface area contributed by atoms with Crippen LogP contribution >= 0.6 is 11.3 Å². The van der Waals surface area contributed by atoms with Gasteiger partial charge >= 0.3 is 0 Å². The Morgan fingerprint density at radius 1 is 1.25 bits per heavy atom. The molecule has 1 saturated carbocycles. The van der Waals surface area contributed by atoms with Gasteiger partial charge in [0.05, 0.1) is 4.88 Å². The fraction of sp³-hybridized carbons (Fsp3) is 0.368. The van der Waals surface area contributed by atoms with E-state index in [9.17, 15) is 5.11 Å². The average molecular weight is 339 g/mol. The maximum atomic E-state index is 9.64. The second kappa shape index (κ2) is 6.49. The van der Waals surface area contributed by atoms with E-state index in [4.69, 9.17) is 0 Å². The van der Waals surface area contributed by atoms with Gasteiger partial charge in [-0.3, -0.25) is 0 Å². The van der Waals surface area contributed by atoms with Crippen molar-refractivity contribution >= 4 is 11.3 Å². The monoisotopic (exact) mass is 339 g/mol. The summed E-state index contributed by atoms with van der Waals surface area (Å²) in [5.74, 6) is 1.30. The highest BCUT2D eigenvalue weighted by atomic mass is 32.1. The largest absolute Gasteiger partial charge is 0.396 e. The quantitative estimate of drug-likeness (QED) is 0.770. The summed E-state index contributed by atoms with van der Waals surface area (Å²) in [6, 6.07) is 8.67. The summed E-state index contributed by atoms with van der Waals surface area (Å²) in [4.78, 5) is 10.3. The molecule has 1 aliphatic rings. The third kappa shape index (κ3) is 2.68. The Bertz CT molecular complexity index is 839. The predicted octanol–water partition coefficient (Wildman–Crippen LogP) is 4.32. The first-order valence-electron chi connectivity index (χ1n) is 8.44. The highest BCUT2D eigenvalue weighted by Gasteiger charge is 2.30. The lowest BCUT2D eigenvalue weighted by Crippen LogP contribution is -2.17. The summed E-state index contributed by atoms with van der Waals surface area (Å²) in [6.07, 6.45) is 9.20. The van der Waals surface area contributed by atoms with Crippen molar-refractivity contribution in [1.82, 2.24) is 14.5 Å². The molecule has 4 nitrogen and oxygen atoms in total. The Labute approximate surface area is 145 Å². The second-order valence-electron chi connectivity index (χ2n) is 6.44. The van der Waals surface area contributed by atoms with E-state index in [1.165, 1.54) is 17.5 Å². The van der Waals surface area contributed by atoms with Crippen LogP contribution in [-0.2, 0) is 0 Å². The van der Waals surface area contributed by atoms with Crippen LogP contribution in [0.5, 0.6) is 0 Å². The van der Waals surface area contributed by atoms with Gasteiger partial charge in [0.2, 0.25) is 0 Å². The van der Waals surface area contributed by atoms with Crippen molar-refractivity contribution in [2.24, 2.45) is 5.92 Å². The molecule has 5 heteroatoms. The van der Waals surface area contributed by atoms with Crippen molar-refractivity contribution < 1.29 is 5.11 Å². The Kier molecular flexibility index (Phi) is 4.21. The zero-order valence-corrected chi connectivity index (χ0v) is 14.5. The number of imidazole rings is 1. The van der Waals surface area contributed by atoms with Crippen LogP contribution in [0.4, 0.5) is 0 Å². The van der Waals surface area contributed by atoms with Crippen molar-refractivity contribution in [3.8, 4) is 21.3 Å². The van der Waals surface area contributed by atoms with Gasteiger partial charge in [-0.2, -0.15) is 0 Å². The van der Waals surface area contributed by atoms with Crippen molar-refractivity contribution in [2.45, 2.75) is 32.2 Å². The summed E-state index contributed by atoms with van der Waals surface area (Å²) in [5.41, 5.74) is 2.42. The van der Waals surface area contributed by atoms with E-state index in [1.807, 2.05) is 18.6 Å². The molecular formula is C19H21N3OS. The first-order valence-corrected chi connectivity index (χ1v) is 9.25. The van der Waals surface area contributed by atoms with Crippen molar-refractivity contribution in [2.75, 3.05) is 6.61 Å². The Morgan fingerprint density at radius 2 is 2.12 bits per heavy atom. The maximum Gasteiger partial charge on any atom is 0.151 e. The zero-order chi connectivity index (χ0) is 16.5. The number of aryl methyl sites for hydroxylation is 1. The molecular weight excluding hydrogens is 318 g/mol. The molecule has 1 fully saturated rings. The molecule has 24 heavy (non-hydrogen) atoms. The van der Waals surface area contributed by atoms with Crippen molar-refractivity contribution in [3.05, 3.63) is 48.4 Å².